The first-order chi connectivity index (χ1) is 11.1. The monoisotopic (exact) mass is 307 g/mol. The maximum atomic E-state index is 12.3. The van der Waals surface area contributed by atoms with Crippen molar-refractivity contribution in [3.63, 3.8) is 0 Å². The molecule has 4 N–H and O–H groups in total. The Bertz CT molecular complexity index is 896. The van der Waals surface area contributed by atoms with Crippen LogP contribution in [0.4, 0.5) is 5.69 Å². The summed E-state index contributed by atoms with van der Waals surface area (Å²) in [5, 5.41) is 3.88. The molecule has 1 aromatic heterocycles. The fraction of sp³-hybridized carbons (Fsp3) is 0.111. The number of fused-ring (bicyclic) bond motifs is 1. The van der Waals surface area contributed by atoms with E-state index in [0.29, 0.717) is 16.8 Å². The number of benzene rings is 2. The first kappa shape index (κ1) is 14.8. The summed E-state index contributed by atoms with van der Waals surface area (Å²) < 4.78 is 0. The number of rotatable bonds is 4. The Labute approximate surface area is 133 Å². The Morgan fingerprint density at radius 3 is 2.70 bits per heavy atom. The van der Waals surface area contributed by atoms with Gasteiger partial charge in [-0.25, -0.2) is 0 Å². The number of amides is 2. The van der Waals surface area contributed by atoms with Crippen molar-refractivity contribution >= 4 is 28.4 Å². The van der Waals surface area contributed by atoms with Crippen LogP contribution in [0.3, 0.4) is 0 Å². The molecule has 0 unspecified atom stereocenters. The van der Waals surface area contributed by atoms with E-state index in [1.54, 1.807) is 25.1 Å². The average Bonchev–Trinajstić information content (AvgIpc) is 2.92. The van der Waals surface area contributed by atoms with Gasteiger partial charge < -0.3 is 16.0 Å². The number of carbonyl (C=O) groups is 2. The van der Waals surface area contributed by atoms with E-state index >= 15 is 0 Å². The van der Waals surface area contributed by atoms with Crippen LogP contribution in [0.1, 0.15) is 21.5 Å². The van der Waals surface area contributed by atoms with E-state index < -0.39 is 5.91 Å². The Balaban J connectivity index is 1.80. The van der Waals surface area contributed by atoms with Crippen molar-refractivity contribution in [2.24, 2.45) is 5.73 Å². The molecule has 1 heterocycles. The first-order valence-electron chi connectivity index (χ1n) is 7.30. The molecule has 5 nitrogen and oxygen atoms in total. The third-order valence-electron chi connectivity index (χ3n) is 3.90. The number of primary amides is 1. The smallest absolute Gasteiger partial charge is 0.249 e. The largest absolute Gasteiger partial charge is 0.366 e. The Hall–Kier alpha value is -3.08. The summed E-state index contributed by atoms with van der Waals surface area (Å²) in [7, 11) is 0. The topological polar surface area (TPSA) is 88.0 Å². The Morgan fingerprint density at radius 1 is 1.13 bits per heavy atom. The number of hydrogen-bond donors (Lipinski definition) is 3. The van der Waals surface area contributed by atoms with Gasteiger partial charge in [-0.15, -0.1) is 0 Å². The second kappa shape index (κ2) is 5.96. The van der Waals surface area contributed by atoms with Crippen LogP contribution in [-0.4, -0.2) is 16.8 Å². The molecule has 0 aliphatic rings. The molecule has 116 valence electrons. The molecule has 0 bridgehead atoms. The fourth-order valence-electron chi connectivity index (χ4n) is 2.68. The van der Waals surface area contributed by atoms with Crippen molar-refractivity contribution in [2.45, 2.75) is 13.3 Å². The predicted molar refractivity (Wildman–Crippen MR) is 90.3 cm³/mol. The summed E-state index contributed by atoms with van der Waals surface area (Å²) in [5.41, 5.74) is 8.95. The molecule has 23 heavy (non-hydrogen) atoms. The Morgan fingerprint density at radius 2 is 1.91 bits per heavy atom. The summed E-state index contributed by atoms with van der Waals surface area (Å²) >= 11 is 0. The lowest BCUT2D eigenvalue weighted by Gasteiger charge is -2.10. The molecule has 0 saturated carbocycles. The van der Waals surface area contributed by atoms with Crippen molar-refractivity contribution in [3.8, 4) is 0 Å². The molecule has 0 aliphatic heterocycles. The van der Waals surface area contributed by atoms with Crippen LogP contribution in [-0.2, 0) is 11.2 Å². The molecule has 0 aliphatic carbocycles. The minimum absolute atomic E-state index is 0.139. The number of nitrogens with one attached hydrogen (secondary N) is 2. The van der Waals surface area contributed by atoms with Crippen molar-refractivity contribution in [3.05, 3.63) is 65.4 Å². The minimum Gasteiger partial charge on any atom is -0.366 e. The number of anilines is 1. The van der Waals surface area contributed by atoms with Crippen LogP contribution in [0.5, 0.6) is 0 Å². The lowest BCUT2D eigenvalue weighted by Crippen LogP contribution is -2.18. The van der Waals surface area contributed by atoms with E-state index in [-0.39, 0.29) is 12.3 Å². The standard InChI is InChI=1S/C18H17N3O2/c1-11-13(18(19)23)6-4-8-15(11)21-17(22)9-12-10-20-16-7-3-2-5-14(12)16/h2-8,10,20H,9H2,1H3,(H2,19,23)(H,21,22). The van der Waals surface area contributed by atoms with Crippen molar-refractivity contribution < 1.29 is 9.59 Å². The number of carbonyl (C=O) groups excluding carboxylic acids is 2. The molecule has 0 radical (unpaired) electrons. The highest BCUT2D eigenvalue weighted by atomic mass is 16.2. The van der Waals surface area contributed by atoms with Crippen LogP contribution in [0.15, 0.2) is 48.7 Å². The van der Waals surface area contributed by atoms with Gasteiger partial charge >= 0.3 is 0 Å². The molecule has 2 aromatic carbocycles. The van der Waals surface area contributed by atoms with Gasteiger partial charge in [-0.2, -0.15) is 0 Å². The first-order valence-corrected chi connectivity index (χ1v) is 7.30. The van der Waals surface area contributed by atoms with E-state index in [4.69, 9.17) is 5.73 Å². The zero-order valence-corrected chi connectivity index (χ0v) is 12.7. The molecular weight excluding hydrogens is 290 g/mol. The van der Waals surface area contributed by atoms with Gasteiger partial charge in [0, 0.05) is 28.4 Å². The third-order valence-corrected chi connectivity index (χ3v) is 3.90. The van der Waals surface area contributed by atoms with Crippen LogP contribution < -0.4 is 11.1 Å². The number of hydrogen-bond acceptors (Lipinski definition) is 2. The lowest BCUT2D eigenvalue weighted by atomic mass is 10.1. The molecule has 0 fully saturated rings. The highest BCUT2D eigenvalue weighted by molar-refractivity contribution is 6.00. The number of H-pyrrole nitrogens is 1. The number of para-hydroxylation sites is 1. The van der Waals surface area contributed by atoms with Gasteiger partial charge in [0.15, 0.2) is 0 Å². The van der Waals surface area contributed by atoms with Crippen LogP contribution in [0, 0.1) is 6.92 Å². The van der Waals surface area contributed by atoms with E-state index in [1.807, 2.05) is 30.5 Å². The molecule has 5 heteroatoms. The lowest BCUT2D eigenvalue weighted by molar-refractivity contribution is -0.115. The maximum Gasteiger partial charge on any atom is 0.249 e. The summed E-state index contributed by atoms with van der Waals surface area (Å²) in [5.74, 6) is -0.644. The SMILES string of the molecule is Cc1c(NC(=O)Cc2c[nH]c3ccccc23)cccc1C(N)=O. The molecule has 3 aromatic rings. The molecule has 2 amide bonds. The molecule has 0 spiro atoms. The second-order valence-corrected chi connectivity index (χ2v) is 5.43. The highest BCUT2D eigenvalue weighted by Gasteiger charge is 2.12. The van der Waals surface area contributed by atoms with Crippen molar-refractivity contribution in [1.29, 1.82) is 0 Å². The minimum atomic E-state index is -0.504. The summed E-state index contributed by atoms with van der Waals surface area (Å²) in [4.78, 5) is 26.8. The van der Waals surface area contributed by atoms with Gasteiger partial charge in [0.2, 0.25) is 11.8 Å². The quantitative estimate of drug-likeness (QED) is 0.692. The zero-order valence-electron chi connectivity index (χ0n) is 12.7. The summed E-state index contributed by atoms with van der Waals surface area (Å²) in [6.07, 6.45) is 2.10. The van der Waals surface area contributed by atoms with Gasteiger partial charge in [0.05, 0.1) is 6.42 Å². The number of nitrogens with two attached hydrogens (primary N) is 1. The summed E-state index contributed by atoms with van der Waals surface area (Å²) in [6, 6.07) is 12.9. The van der Waals surface area contributed by atoms with Gasteiger partial charge in [-0.1, -0.05) is 24.3 Å². The van der Waals surface area contributed by atoms with E-state index in [0.717, 1.165) is 16.5 Å². The van der Waals surface area contributed by atoms with E-state index in [2.05, 4.69) is 10.3 Å². The zero-order chi connectivity index (χ0) is 16.4. The molecular formula is C18H17N3O2. The van der Waals surface area contributed by atoms with Gasteiger partial charge in [0.1, 0.15) is 0 Å². The normalized spacial score (nSPS) is 10.7. The molecule has 3 rings (SSSR count). The number of aromatic nitrogens is 1. The van der Waals surface area contributed by atoms with Gasteiger partial charge in [0.25, 0.3) is 0 Å². The molecule has 0 saturated heterocycles. The Kier molecular flexibility index (Phi) is 3.85. The van der Waals surface area contributed by atoms with Gasteiger partial charge in [-0.05, 0) is 36.2 Å². The average molecular weight is 307 g/mol. The highest BCUT2D eigenvalue weighted by Crippen LogP contribution is 2.21. The molecule has 0 atom stereocenters. The fourth-order valence-corrected chi connectivity index (χ4v) is 2.68. The van der Waals surface area contributed by atoms with Gasteiger partial charge in [-0.3, -0.25) is 9.59 Å². The van der Waals surface area contributed by atoms with Crippen LogP contribution >= 0.6 is 0 Å². The van der Waals surface area contributed by atoms with E-state index in [9.17, 15) is 9.59 Å². The number of aromatic amines is 1. The van der Waals surface area contributed by atoms with Crippen LogP contribution in [0.25, 0.3) is 10.9 Å². The van der Waals surface area contributed by atoms with Crippen molar-refractivity contribution in [1.82, 2.24) is 4.98 Å². The van der Waals surface area contributed by atoms with E-state index in [1.165, 1.54) is 0 Å². The second-order valence-electron chi connectivity index (χ2n) is 5.43. The predicted octanol–water partition coefficient (Wildman–Crippen LogP) is 2.76. The third kappa shape index (κ3) is 2.94. The summed E-state index contributed by atoms with van der Waals surface area (Å²) in [6.45, 7) is 1.77. The van der Waals surface area contributed by atoms with Crippen LogP contribution in [0.2, 0.25) is 0 Å². The van der Waals surface area contributed by atoms with Crippen molar-refractivity contribution in [2.75, 3.05) is 5.32 Å². The maximum absolute atomic E-state index is 12.3.